The summed E-state index contributed by atoms with van der Waals surface area (Å²) in [5.74, 6) is -1.19. The molecule has 1 unspecified atom stereocenters. The van der Waals surface area contributed by atoms with E-state index >= 15 is 0 Å². The van der Waals surface area contributed by atoms with Gasteiger partial charge in [-0.1, -0.05) is 0 Å². The highest BCUT2D eigenvalue weighted by molar-refractivity contribution is 7.89. The van der Waals surface area contributed by atoms with E-state index in [0.717, 1.165) is 12.1 Å². The lowest BCUT2D eigenvalue weighted by Crippen LogP contribution is -2.51. The topological polar surface area (TPSA) is 98.5 Å². The molecule has 1 heterocycles. The number of sulfonamides is 1. The summed E-state index contributed by atoms with van der Waals surface area (Å²) < 4.78 is 45.7. The molecule has 1 aliphatic heterocycles. The molecule has 1 atom stereocenters. The van der Waals surface area contributed by atoms with Crippen LogP contribution in [-0.2, 0) is 14.8 Å². The number of halogens is 1. The summed E-state index contributed by atoms with van der Waals surface area (Å²) in [6.45, 7) is 2.50. The molecule has 1 fully saturated rings. The number of hydrogen-bond acceptors (Lipinski definition) is 5. The van der Waals surface area contributed by atoms with Gasteiger partial charge >= 0.3 is 5.69 Å². The van der Waals surface area contributed by atoms with Gasteiger partial charge in [-0.05, 0) is 25.8 Å². The third kappa shape index (κ3) is 3.55. The maximum absolute atomic E-state index is 13.5. The van der Waals surface area contributed by atoms with E-state index in [0.29, 0.717) is 25.5 Å². The fourth-order valence-corrected chi connectivity index (χ4v) is 3.63. The van der Waals surface area contributed by atoms with E-state index in [9.17, 15) is 22.9 Å². The van der Waals surface area contributed by atoms with Gasteiger partial charge in [0, 0.05) is 18.7 Å². The molecule has 1 aromatic rings. The average Bonchev–Trinajstić information content (AvgIpc) is 2.37. The molecule has 2 rings (SSSR count). The van der Waals surface area contributed by atoms with Crippen molar-refractivity contribution in [1.82, 2.24) is 4.72 Å². The van der Waals surface area contributed by atoms with Crippen molar-refractivity contribution in [3.63, 3.8) is 0 Å². The highest BCUT2D eigenvalue weighted by atomic mass is 32.2. The molecule has 116 valence electrons. The number of nitrogens with one attached hydrogen (secondary N) is 1. The summed E-state index contributed by atoms with van der Waals surface area (Å²) in [5, 5.41) is 10.5. The molecule has 0 saturated carbocycles. The molecule has 7 nitrogen and oxygen atoms in total. The minimum atomic E-state index is -3.98. The van der Waals surface area contributed by atoms with Gasteiger partial charge < -0.3 is 4.74 Å². The Kier molecular flexibility index (Phi) is 4.26. The van der Waals surface area contributed by atoms with E-state index in [2.05, 4.69) is 4.72 Å². The van der Waals surface area contributed by atoms with Crippen molar-refractivity contribution in [2.45, 2.75) is 30.2 Å². The maximum Gasteiger partial charge on any atom is 0.304 e. The van der Waals surface area contributed by atoms with Crippen molar-refractivity contribution in [3.05, 3.63) is 34.1 Å². The monoisotopic (exact) mass is 318 g/mol. The second kappa shape index (κ2) is 5.66. The highest BCUT2D eigenvalue weighted by Crippen LogP contribution is 2.24. The van der Waals surface area contributed by atoms with E-state index in [-0.39, 0.29) is 11.5 Å². The summed E-state index contributed by atoms with van der Waals surface area (Å²) in [4.78, 5) is 9.28. The Labute approximate surface area is 121 Å². The SMILES string of the molecule is CC1(NS(=O)(=O)c2ccc([N+](=O)[O-])c(F)c2)CCCOC1. The van der Waals surface area contributed by atoms with E-state index in [1.54, 1.807) is 6.92 Å². The first-order valence-corrected chi connectivity index (χ1v) is 7.77. The zero-order valence-corrected chi connectivity index (χ0v) is 12.2. The van der Waals surface area contributed by atoms with Crippen LogP contribution in [-0.4, -0.2) is 32.1 Å². The van der Waals surface area contributed by atoms with Gasteiger partial charge in [-0.3, -0.25) is 10.1 Å². The second-order valence-electron chi connectivity index (χ2n) is 5.19. The number of nitro benzene ring substituents is 1. The molecule has 0 bridgehead atoms. The van der Waals surface area contributed by atoms with E-state index < -0.39 is 32.0 Å². The summed E-state index contributed by atoms with van der Waals surface area (Å²) >= 11 is 0. The van der Waals surface area contributed by atoms with Crippen molar-refractivity contribution >= 4 is 15.7 Å². The largest absolute Gasteiger partial charge is 0.380 e. The number of nitro groups is 1. The lowest BCUT2D eigenvalue weighted by Gasteiger charge is -2.33. The highest BCUT2D eigenvalue weighted by Gasteiger charge is 2.33. The first kappa shape index (κ1) is 15.8. The third-order valence-electron chi connectivity index (χ3n) is 3.24. The first-order chi connectivity index (χ1) is 9.73. The number of hydrogen-bond donors (Lipinski definition) is 1. The van der Waals surface area contributed by atoms with Gasteiger partial charge in [0.25, 0.3) is 0 Å². The molecule has 0 spiro atoms. The minimum absolute atomic E-state index is 0.224. The molecule has 9 heteroatoms. The number of nitrogens with zero attached hydrogens (tertiary/aromatic N) is 1. The van der Waals surface area contributed by atoms with Gasteiger partial charge in [0.05, 0.1) is 22.0 Å². The summed E-state index contributed by atoms with van der Waals surface area (Å²) in [7, 11) is -3.98. The van der Waals surface area contributed by atoms with E-state index in [1.807, 2.05) is 0 Å². The van der Waals surface area contributed by atoms with Crippen molar-refractivity contribution in [1.29, 1.82) is 0 Å². The van der Waals surface area contributed by atoms with Crippen LogP contribution >= 0.6 is 0 Å². The molecular formula is C12H15FN2O5S. The van der Waals surface area contributed by atoms with Gasteiger partial charge in [-0.2, -0.15) is 4.39 Å². The van der Waals surface area contributed by atoms with E-state index in [1.165, 1.54) is 0 Å². The zero-order valence-electron chi connectivity index (χ0n) is 11.3. The summed E-state index contributed by atoms with van der Waals surface area (Å²) in [6, 6.07) is 2.49. The molecule has 1 aromatic carbocycles. The molecule has 1 aliphatic rings. The molecule has 1 N–H and O–H groups in total. The van der Waals surface area contributed by atoms with E-state index in [4.69, 9.17) is 4.74 Å². The molecule has 0 aliphatic carbocycles. The van der Waals surface area contributed by atoms with Gasteiger partial charge in [-0.15, -0.1) is 0 Å². The van der Waals surface area contributed by atoms with Crippen LogP contribution in [0.3, 0.4) is 0 Å². The van der Waals surface area contributed by atoms with Crippen LogP contribution < -0.4 is 4.72 Å². The van der Waals surface area contributed by atoms with Crippen LogP contribution in [0.2, 0.25) is 0 Å². The maximum atomic E-state index is 13.5. The Balaban J connectivity index is 2.27. The van der Waals surface area contributed by atoms with Crippen LogP contribution in [0.4, 0.5) is 10.1 Å². The summed E-state index contributed by atoms with van der Waals surface area (Å²) in [5.41, 5.74) is -1.53. The van der Waals surface area contributed by atoms with Crippen molar-refractivity contribution < 1.29 is 22.5 Å². The lowest BCUT2D eigenvalue weighted by atomic mass is 9.97. The first-order valence-electron chi connectivity index (χ1n) is 6.29. The molecule has 1 saturated heterocycles. The Morgan fingerprint density at radius 1 is 1.48 bits per heavy atom. The quantitative estimate of drug-likeness (QED) is 0.671. The Morgan fingerprint density at radius 3 is 2.71 bits per heavy atom. The molecule has 0 radical (unpaired) electrons. The number of ether oxygens (including phenoxy) is 1. The molecular weight excluding hydrogens is 303 g/mol. The van der Waals surface area contributed by atoms with Crippen LogP contribution in [0, 0.1) is 15.9 Å². The third-order valence-corrected chi connectivity index (χ3v) is 4.88. The van der Waals surface area contributed by atoms with Crippen LogP contribution in [0.15, 0.2) is 23.1 Å². The zero-order chi connectivity index (χ0) is 15.7. The normalized spacial score (nSPS) is 23.0. The molecule has 0 aromatic heterocycles. The predicted molar refractivity (Wildman–Crippen MR) is 71.8 cm³/mol. The average molecular weight is 318 g/mol. The lowest BCUT2D eigenvalue weighted by molar-refractivity contribution is -0.387. The van der Waals surface area contributed by atoms with Gasteiger partial charge in [0.1, 0.15) is 0 Å². The molecule has 21 heavy (non-hydrogen) atoms. The Bertz CT molecular complexity index is 656. The Hall–Kier alpha value is -1.58. The second-order valence-corrected chi connectivity index (χ2v) is 6.88. The van der Waals surface area contributed by atoms with Crippen LogP contribution in [0.1, 0.15) is 19.8 Å². The number of benzene rings is 1. The Morgan fingerprint density at radius 2 is 2.19 bits per heavy atom. The molecule has 0 amide bonds. The fraction of sp³-hybridized carbons (Fsp3) is 0.500. The standard InChI is InChI=1S/C12H15FN2O5S/c1-12(5-2-6-20-8-12)14-21(18,19)9-3-4-11(15(16)17)10(13)7-9/h3-4,7,14H,2,5-6,8H2,1H3. The van der Waals surface area contributed by atoms with Crippen molar-refractivity contribution in [2.24, 2.45) is 0 Å². The van der Waals surface area contributed by atoms with Gasteiger partial charge in [0.2, 0.25) is 15.8 Å². The minimum Gasteiger partial charge on any atom is -0.380 e. The van der Waals surface area contributed by atoms with Crippen LogP contribution in [0.5, 0.6) is 0 Å². The van der Waals surface area contributed by atoms with Crippen molar-refractivity contribution in [2.75, 3.05) is 13.2 Å². The van der Waals surface area contributed by atoms with Gasteiger partial charge in [0.15, 0.2) is 0 Å². The van der Waals surface area contributed by atoms with Crippen LogP contribution in [0.25, 0.3) is 0 Å². The fourth-order valence-electron chi connectivity index (χ4n) is 2.20. The smallest absolute Gasteiger partial charge is 0.304 e. The van der Waals surface area contributed by atoms with Gasteiger partial charge in [-0.25, -0.2) is 13.1 Å². The summed E-state index contributed by atoms with van der Waals surface area (Å²) in [6.07, 6.45) is 1.31. The predicted octanol–water partition coefficient (Wildman–Crippen LogP) is 1.58. The number of rotatable bonds is 4. The van der Waals surface area contributed by atoms with Crippen molar-refractivity contribution in [3.8, 4) is 0 Å².